The fourth-order valence-corrected chi connectivity index (χ4v) is 1.91. The summed E-state index contributed by atoms with van der Waals surface area (Å²) in [4.78, 5) is 0. The van der Waals surface area contributed by atoms with E-state index in [4.69, 9.17) is 9.47 Å². The van der Waals surface area contributed by atoms with Crippen molar-refractivity contribution in [3.8, 4) is 5.75 Å². The van der Waals surface area contributed by atoms with Crippen molar-refractivity contribution in [3.05, 3.63) is 30.3 Å². The molecule has 3 nitrogen and oxygen atoms in total. The third-order valence-corrected chi connectivity index (χ3v) is 3.11. The topological polar surface area (TPSA) is 30.5 Å². The molecule has 0 fully saturated rings. The van der Waals surface area contributed by atoms with E-state index in [1.165, 1.54) is 32.1 Å². The third kappa shape index (κ3) is 9.82. The van der Waals surface area contributed by atoms with Gasteiger partial charge in [-0.15, -0.1) is 0 Å². The van der Waals surface area contributed by atoms with Gasteiger partial charge >= 0.3 is 0 Å². The minimum atomic E-state index is 0.685. The van der Waals surface area contributed by atoms with Crippen LogP contribution >= 0.6 is 0 Å². The molecular formula is C17H29NO2. The highest BCUT2D eigenvalue weighted by Gasteiger charge is 1.93. The van der Waals surface area contributed by atoms with Gasteiger partial charge in [0.05, 0.1) is 13.3 Å². The monoisotopic (exact) mass is 279 g/mol. The van der Waals surface area contributed by atoms with E-state index in [0.717, 1.165) is 31.9 Å². The second kappa shape index (κ2) is 12.9. The van der Waals surface area contributed by atoms with Crippen LogP contribution in [0.3, 0.4) is 0 Å². The molecule has 0 saturated carbocycles. The largest absolute Gasteiger partial charge is 0.494 e. The van der Waals surface area contributed by atoms with Gasteiger partial charge in [0.15, 0.2) is 0 Å². The second-order valence-electron chi connectivity index (χ2n) is 4.98. The highest BCUT2D eigenvalue weighted by molar-refractivity contribution is 5.20. The number of para-hydroxylation sites is 1. The van der Waals surface area contributed by atoms with E-state index in [0.29, 0.717) is 6.73 Å². The average molecular weight is 279 g/mol. The Morgan fingerprint density at radius 3 is 2.50 bits per heavy atom. The maximum Gasteiger partial charge on any atom is 0.119 e. The molecule has 0 radical (unpaired) electrons. The van der Waals surface area contributed by atoms with Crippen molar-refractivity contribution in [2.45, 2.75) is 45.4 Å². The number of benzene rings is 1. The van der Waals surface area contributed by atoms with Crippen LogP contribution in [0.5, 0.6) is 5.75 Å². The predicted octanol–water partition coefficient (Wildman–Crippen LogP) is 3.99. The zero-order chi connectivity index (χ0) is 14.3. The van der Waals surface area contributed by atoms with E-state index in [2.05, 4.69) is 12.2 Å². The number of ether oxygens (including phenoxy) is 2. The van der Waals surface area contributed by atoms with Gasteiger partial charge in [0, 0.05) is 6.61 Å². The Hall–Kier alpha value is -1.06. The minimum Gasteiger partial charge on any atom is -0.494 e. The first kappa shape index (κ1) is 17.0. The van der Waals surface area contributed by atoms with Gasteiger partial charge in [-0.1, -0.05) is 38.0 Å². The van der Waals surface area contributed by atoms with Crippen LogP contribution in [0.15, 0.2) is 30.3 Å². The van der Waals surface area contributed by atoms with Crippen LogP contribution < -0.4 is 10.1 Å². The normalized spacial score (nSPS) is 10.7. The van der Waals surface area contributed by atoms with Crippen molar-refractivity contribution < 1.29 is 9.47 Å². The standard InChI is InChI=1S/C17H29NO2/c1-2-3-9-14-19-16-18-13-8-5-10-15-20-17-11-6-4-7-12-17/h4,6-7,11-12,18H,2-3,5,8-10,13-16H2,1H3. The summed E-state index contributed by atoms with van der Waals surface area (Å²) in [5, 5.41) is 3.31. The SMILES string of the molecule is CCCCCOCNCCCCCOc1ccccc1. The Balaban J connectivity index is 1.77. The van der Waals surface area contributed by atoms with Gasteiger partial charge in [0.1, 0.15) is 5.75 Å². The molecule has 0 amide bonds. The van der Waals surface area contributed by atoms with Crippen LogP contribution in [0.2, 0.25) is 0 Å². The molecule has 1 N–H and O–H groups in total. The average Bonchev–Trinajstić information content (AvgIpc) is 2.49. The Kier molecular flexibility index (Phi) is 11.0. The van der Waals surface area contributed by atoms with Crippen LogP contribution in [0.4, 0.5) is 0 Å². The lowest BCUT2D eigenvalue weighted by Gasteiger charge is -2.07. The molecule has 0 unspecified atom stereocenters. The van der Waals surface area contributed by atoms with Crippen LogP contribution in [0.1, 0.15) is 45.4 Å². The molecule has 0 bridgehead atoms. The first-order valence-corrected chi connectivity index (χ1v) is 7.90. The van der Waals surface area contributed by atoms with E-state index < -0.39 is 0 Å². The van der Waals surface area contributed by atoms with Gasteiger partial charge < -0.3 is 9.47 Å². The summed E-state index contributed by atoms with van der Waals surface area (Å²) in [6, 6.07) is 10.00. The summed E-state index contributed by atoms with van der Waals surface area (Å²) in [5.41, 5.74) is 0. The maximum absolute atomic E-state index is 5.64. The van der Waals surface area contributed by atoms with Gasteiger partial charge in [-0.3, -0.25) is 5.32 Å². The lowest BCUT2D eigenvalue weighted by Crippen LogP contribution is -2.19. The third-order valence-electron chi connectivity index (χ3n) is 3.11. The zero-order valence-electron chi connectivity index (χ0n) is 12.8. The van der Waals surface area contributed by atoms with E-state index in [-0.39, 0.29) is 0 Å². The van der Waals surface area contributed by atoms with Gasteiger partial charge in [0.2, 0.25) is 0 Å². The number of rotatable bonds is 13. The van der Waals surface area contributed by atoms with E-state index in [1.807, 2.05) is 30.3 Å². The quantitative estimate of drug-likeness (QED) is 0.437. The fourth-order valence-electron chi connectivity index (χ4n) is 1.91. The molecular weight excluding hydrogens is 250 g/mol. The summed E-state index contributed by atoms with van der Waals surface area (Å²) >= 11 is 0. The van der Waals surface area contributed by atoms with Crippen molar-refractivity contribution in [3.63, 3.8) is 0 Å². The molecule has 0 atom stereocenters. The van der Waals surface area contributed by atoms with Crippen LogP contribution in [-0.2, 0) is 4.74 Å². The molecule has 1 aromatic rings. The van der Waals surface area contributed by atoms with Crippen LogP contribution in [-0.4, -0.2) is 26.5 Å². The predicted molar refractivity (Wildman–Crippen MR) is 84.1 cm³/mol. The van der Waals surface area contributed by atoms with E-state index in [9.17, 15) is 0 Å². The molecule has 0 heterocycles. The van der Waals surface area contributed by atoms with Crippen molar-refractivity contribution in [2.24, 2.45) is 0 Å². The van der Waals surface area contributed by atoms with Crippen molar-refractivity contribution in [1.29, 1.82) is 0 Å². The molecule has 0 aromatic heterocycles. The van der Waals surface area contributed by atoms with Gasteiger partial charge in [0.25, 0.3) is 0 Å². The summed E-state index contributed by atoms with van der Waals surface area (Å²) < 4.78 is 11.1. The van der Waals surface area contributed by atoms with E-state index in [1.54, 1.807) is 0 Å². The summed E-state index contributed by atoms with van der Waals surface area (Å²) in [7, 11) is 0. The molecule has 0 aliphatic heterocycles. The molecule has 1 rings (SSSR count). The van der Waals surface area contributed by atoms with Crippen molar-refractivity contribution >= 4 is 0 Å². The summed E-state index contributed by atoms with van der Waals surface area (Å²) in [6.45, 7) is 5.60. The van der Waals surface area contributed by atoms with E-state index >= 15 is 0 Å². The molecule has 0 saturated heterocycles. The maximum atomic E-state index is 5.64. The first-order chi connectivity index (χ1) is 9.93. The molecule has 0 aliphatic carbocycles. The molecule has 1 aromatic carbocycles. The van der Waals surface area contributed by atoms with Crippen molar-refractivity contribution in [1.82, 2.24) is 5.32 Å². The first-order valence-electron chi connectivity index (χ1n) is 7.90. The number of hydrogen-bond acceptors (Lipinski definition) is 3. The molecule has 114 valence electrons. The Labute approximate surface area is 123 Å². The van der Waals surface area contributed by atoms with Crippen molar-refractivity contribution in [2.75, 3.05) is 26.5 Å². The molecule has 20 heavy (non-hydrogen) atoms. The molecule has 3 heteroatoms. The number of nitrogens with one attached hydrogen (secondary N) is 1. The Morgan fingerprint density at radius 2 is 1.70 bits per heavy atom. The summed E-state index contributed by atoms with van der Waals surface area (Å²) in [6.07, 6.45) is 7.17. The minimum absolute atomic E-state index is 0.685. The highest BCUT2D eigenvalue weighted by Crippen LogP contribution is 2.09. The van der Waals surface area contributed by atoms with Crippen LogP contribution in [0.25, 0.3) is 0 Å². The summed E-state index contributed by atoms with van der Waals surface area (Å²) in [5.74, 6) is 0.964. The van der Waals surface area contributed by atoms with Crippen LogP contribution in [0, 0.1) is 0 Å². The zero-order valence-corrected chi connectivity index (χ0v) is 12.8. The Morgan fingerprint density at radius 1 is 0.900 bits per heavy atom. The second-order valence-corrected chi connectivity index (χ2v) is 4.98. The Bertz CT molecular complexity index is 303. The fraction of sp³-hybridized carbons (Fsp3) is 0.647. The van der Waals surface area contributed by atoms with Gasteiger partial charge in [-0.2, -0.15) is 0 Å². The smallest absolute Gasteiger partial charge is 0.119 e. The number of hydrogen-bond donors (Lipinski definition) is 1. The molecule has 0 aliphatic rings. The lowest BCUT2D eigenvalue weighted by atomic mass is 10.2. The van der Waals surface area contributed by atoms with Gasteiger partial charge in [-0.25, -0.2) is 0 Å². The lowest BCUT2D eigenvalue weighted by molar-refractivity contribution is 0.113. The van der Waals surface area contributed by atoms with Gasteiger partial charge in [-0.05, 0) is 44.4 Å². The number of unbranched alkanes of at least 4 members (excludes halogenated alkanes) is 4. The molecule has 0 spiro atoms. The highest BCUT2D eigenvalue weighted by atomic mass is 16.5.